The fourth-order valence-electron chi connectivity index (χ4n) is 3.94. The lowest BCUT2D eigenvalue weighted by Gasteiger charge is -2.30. The molecule has 1 N–H and O–H groups in total. The van der Waals surface area contributed by atoms with E-state index in [1.807, 2.05) is 0 Å². The van der Waals surface area contributed by atoms with Gasteiger partial charge in [0.05, 0.1) is 5.75 Å². The highest BCUT2D eigenvalue weighted by Crippen LogP contribution is 2.22. The molecule has 3 rings (SSSR count). The zero-order valence-electron chi connectivity index (χ0n) is 16.3. The van der Waals surface area contributed by atoms with Crippen LogP contribution in [0.1, 0.15) is 37.7 Å². The minimum absolute atomic E-state index is 0.0302. The second-order valence-electron chi connectivity index (χ2n) is 7.75. The molecule has 2 heterocycles. The van der Waals surface area contributed by atoms with Crippen LogP contribution in [-0.2, 0) is 20.6 Å². The monoisotopic (exact) mass is 427 g/mol. The molecule has 2 aliphatic rings. The van der Waals surface area contributed by atoms with Crippen LogP contribution in [0.5, 0.6) is 0 Å². The third-order valence-electron chi connectivity index (χ3n) is 5.63. The predicted molar refractivity (Wildman–Crippen MR) is 112 cm³/mol. The molecule has 6 nitrogen and oxygen atoms in total. The summed E-state index contributed by atoms with van der Waals surface area (Å²) in [6.07, 6.45) is 4.70. The Labute approximate surface area is 173 Å². The van der Waals surface area contributed by atoms with Gasteiger partial charge in [-0.15, -0.1) is 0 Å². The second kappa shape index (κ2) is 10.1. The highest BCUT2D eigenvalue weighted by molar-refractivity contribution is 7.88. The van der Waals surface area contributed by atoms with Crippen molar-refractivity contribution < 1.29 is 13.2 Å². The summed E-state index contributed by atoms with van der Waals surface area (Å²) in [6.45, 7) is 4.91. The summed E-state index contributed by atoms with van der Waals surface area (Å²) in [7, 11) is -3.38. The number of carbonyl (C=O) groups is 1. The number of hydrogen-bond acceptors (Lipinski definition) is 4. The van der Waals surface area contributed by atoms with Crippen molar-refractivity contribution >= 4 is 27.5 Å². The predicted octanol–water partition coefficient (Wildman–Crippen LogP) is 2.48. The quantitative estimate of drug-likeness (QED) is 0.647. The molecule has 2 saturated heterocycles. The first-order valence-electron chi connectivity index (χ1n) is 10.2. The highest BCUT2D eigenvalue weighted by Gasteiger charge is 2.31. The van der Waals surface area contributed by atoms with E-state index in [-0.39, 0.29) is 17.6 Å². The van der Waals surface area contributed by atoms with Crippen molar-refractivity contribution in [1.82, 2.24) is 14.5 Å². The molecule has 0 spiro atoms. The molecular formula is C20H30ClN3O3S. The fourth-order valence-corrected chi connectivity index (χ4v) is 5.63. The third kappa shape index (κ3) is 6.17. The fraction of sp³-hybridized carbons (Fsp3) is 0.650. The van der Waals surface area contributed by atoms with E-state index >= 15 is 0 Å². The zero-order chi connectivity index (χ0) is 20.0. The van der Waals surface area contributed by atoms with Crippen molar-refractivity contribution in [1.29, 1.82) is 0 Å². The first kappa shape index (κ1) is 21.6. The molecule has 0 aromatic heterocycles. The Hall–Kier alpha value is -1.15. The first-order valence-corrected chi connectivity index (χ1v) is 12.1. The number of halogens is 1. The smallest absolute Gasteiger partial charge is 0.223 e. The van der Waals surface area contributed by atoms with Crippen LogP contribution in [0.4, 0.5) is 0 Å². The topological polar surface area (TPSA) is 69.7 Å². The van der Waals surface area contributed by atoms with Gasteiger partial charge in [-0.05, 0) is 69.4 Å². The average Bonchev–Trinajstić information content (AvgIpc) is 3.20. The minimum atomic E-state index is -3.38. The van der Waals surface area contributed by atoms with Crippen LogP contribution in [0, 0.1) is 5.92 Å². The van der Waals surface area contributed by atoms with Crippen molar-refractivity contribution in [2.75, 3.05) is 39.3 Å². The normalized spacial score (nSPS) is 19.8. The molecule has 0 atom stereocenters. The Morgan fingerprint density at radius 2 is 1.71 bits per heavy atom. The molecule has 0 radical (unpaired) electrons. The van der Waals surface area contributed by atoms with E-state index in [0.717, 1.165) is 18.5 Å². The number of rotatable bonds is 8. The number of hydrogen-bond donors (Lipinski definition) is 1. The molecule has 2 fully saturated rings. The van der Waals surface area contributed by atoms with Gasteiger partial charge in [-0.2, -0.15) is 0 Å². The van der Waals surface area contributed by atoms with Crippen molar-refractivity contribution in [3.63, 3.8) is 0 Å². The maximum absolute atomic E-state index is 12.6. The maximum atomic E-state index is 12.6. The van der Waals surface area contributed by atoms with Gasteiger partial charge in [-0.25, -0.2) is 12.7 Å². The SMILES string of the molecule is O=C(NCCCN1CCCC1)C1CCN(S(=O)(=O)Cc2ccc(Cl)cc2)CC1. The Balaban J connectivity index is 1.39. The summed E-state index contributed by atoms with van der Waals surface area (Å²) in [5.74, 6) is -0.0534. The summed E-state index contributed by atoms with van der Waals surface area (Å²) in [5.41, 5.74) is 0.724. The van der Waals surface area contributed by atoms with Gasteiger partial charge in [-0.3, -0.25) is 4.79 Å². The molecular weight excluding hydrogens is 398 g/mol. The van der Waals surface area contributed by atoms with Crippen LogP contribution in [0.2, 0.25) is 5.02 Å². The van der Waals surface area contributed by atoms with Crippen LogP contribution in [0.25, 0.3) is 0 Å². The molecule has 8 heteroatoms. The lowest BCUT2D eigenvalue weighted by atomic mass is 9.97. The van der Waals surface area contributed by atoms with E-state index in [0.29, 0.717) is 37.5 Å². The summed E-state index contributed by atoms with van der Waals surface area (Å²) in [6, 6.07) is 6.88. The van der Waals surface area contributed by atoms with E-state index in [1.165, 1.54) is 30.2 Å². The number of nitrogens with zero attached hydrogens (tertiary/aromatic N) is 2. The van der Waals surface area contributed by atoms with Crippen LogP contribution < -0.4 is 5.32 Å². The number of piperidine rings is 1. The molecule has 156 valence electrons. The van der Waals surface area contributed by atoms with Gasteiger partial charge in [0, 0.05) is 30.6 Å². The van der Waals surface area contributed by atoms with E-state index in [1.54, 1.807) is 24.3 Å². The average molecular weight is 428 g/mol. The second-order valence-corrected chi connectivity index (χ2v) is 10.2. The number of nitrogens with one attached hydrogen (secondary N) is 1. The van der Waals surface area contributed by atoms with Gasteiger partial charge >= 0.3 is 0 Å². The van der Waals surface area contributed by atoms with Crippen molar-refractivity contribution in [2.45, 2.75) is 37.9 Å². The molecule has 2 aliphatic heterocycles. The van der Waals surface area contributed by atoms with Gasteiger partial charge in [0.1, 0.15) is 0 Å². The molecule has 1 amide bonds. The van der Waals surface area contributed by atoms with Gasteiger partial charge in [0.15, 0.2) is 0 Å². The van der Waals surface area contributed by atoms with Gasteiger partial charge in [0.25, 0.3) is 0 Å². The first-order chi connectivity index (χ1) is 13.4. The van der Waals surface area contributed by atoms with E-state index < -0.39 is 10.0 Å². The van der Waals surface area contributed by atoms with Crippen LogP contribution in [0.15, 0.2) is 24.3 Å². The molecule has 0 unspecified atom stereocenters. The molecule has 28 heavy (non-hydrogen) atoms. The number of benzene rings is 1. The number of sulfonamides is 1. The molecule has 0 bridgehead atoms. The van der Waals surface area contributed by atoms with E-state index in [4.69, 9.17) is 11.6 Å². The lowest BCUT2D eigenvalue weighted by molar-refractivity contribution is -0.126. The molecule has 1 aromatic carbocycles. The Bertz CT molecular complexity index is 740. The van der Waals surface area contributed by atoms with Crippen LogP contribution in [-0.4, -0.2) is 62.8 Å². The molecule has 0 saturated carbocycles. The van der Waals surface area contributed by atoms with E-state index in [2.05, 4.69) is 10.2 Å². The Morgan fingerprint density at radius 3 is 2.36 bits per heavy atom. The minimum Gasteiger partial charge on any atom is -0.356 e. The maximum Gasteiger partial charge on any atom is 0.223 e. The van der Waals surface area contributed by atoms with Crippen molar-refractivity contribution in [3.05, 3.63) is 34.9 Å². The zero-order valence-corrected chi connectivity index (χ0v) is 17.8. The largest absolute Gasteiger partial charge is 0.356 e. The Kier molecular flexibility index (Phi) is 7.74. The third-order valence-corrected chi connectivity index (χ3v) is 7.73. The van der Waals surface area contributed by atoms with Crippen LogP contribution >= 0.6 is 11.6 Å². The standard InChI is InChI=1S/C20H30ClN3O3S/c21-19-6-4-17(5-7-19)16-28(26,27)24-14-8-18(9-15-24)20(25)22-10-3-13-23-11-1-2-12-23/h4-7,18H,1-3,8-16H2,(H,22,25). The molecule has 1 aromatic rings. The van der Waals surface area contributed by atoms with Gasteiger partial charge < -0.3 is 10.2 Å². The van der Waals surface area contributed by atoms with Crippen molar-refractivity contribution in [2.24, 2.45) is 5.92 Å². The number of amides is 1. The summed E-state index contributed by atoms with van der Waals surface area (Å²) in [4.78, 5) is 14.8. The summed E-state index contributed by atoms with van der Waals surface area (Å²) in [5, 5.41) is 3.62. The van der Waals surface area contributed by atoms with Gasteiger partial charge in [0.2, 0.25) is 15.9 Å². The number of likely N-dealkylation sites (tertiary alicyclic amines) is 1. The summed E-state index contributed by atoms with van der Waals surface area (Å²) < 4.78 is 26.8. The Morgan fingerprint density at radius 1 is 1.07 bits per heavy atom. The van der Waals surface area contributed by atoms with Crippen molar-refractivity contribution in [3.8, 4) is 0 Å². The molecule has 0 aliphatic carbocycles. The summed E-state index contributed by atoms with van der Waals surface area (Å²) >= 11 is 5.86. The lowest BCUT2D eigenvalue weighted by Crippen LogP contribution is -2.43. The highest BCUT2D eigenvalue weighted by atomic mass is 35.5. The van der Waals surface area contributed by atoms with Gasteiger partial charge in [-0.1, -0.05) is 23.7 Å². The number of carbonyl (C=O) groups excluding carboxylic acids is 1. The van der Waals surface area contributed by atoms with E-state index in [9.17, 15) is 13.2 Å². The van der Waals surface area contributed by atoms with Crippen LogP contribution in [0.3, 0.4) is 0 Å².